The van der Waals surface area contributed by atoms with Crippen LogP contribution in [0.3, 0.4) is 0 Å². The highest BCUT2D eigenvalue weighted by Gasteiger charge is 2.66. The van der Waals surface area contributed by atoms with Crippen LogP contribution < -0.4 is 4.72 Å². The zero-order valence-corrected chi connectivity index (χ0v) is 25.5. The Kier molecular flexibility index (Phi) is 8.18. The number of amides is 2. The first kappa shape index (κ1) is 29.8. The molecule has 2 aromatic carbocycles. The van der Waals surface area contributed by atoms with Crippen LogP contribution in [0.2, 0.25) is 10.0 Å². The molecule has 7 nitrogen and oxygen atoms in total. The zero-order valence-electron chi connectivity index (χ0n) is 23.1. The van der Waals surface area contributed by atoms with Gasteiger partial charge in [-0.15, -0.1) is 0 Å². The summed E-state index contributed by atoms with van der Waals surface area (Å²) in [5.41, 5.74) is 0.464. The Hall–Kier alpha value is -2.13. The Balaban J connectivity index is 1.94. The second-order valence-electron chi connectivity index (χ2n) is 11.6. The van der Waals surface area contributed by atoms with E-state index in [0.717, 1.165) is 21.6 Å². The average Bonchev–Trinajstić information content (AvgIpc) is 3.04. The number of carbonyl (C=O) groups is 2. The van der Waals surface area contributed by atoms with Gasteiger partial charge in [0.1, 0.15) is 11.1 Å². The third-order valence-electron chi connectivity index (χ3n) is 7.88. The number of nitrogens with one attached hydrogen (secondary N) is 1. The van der Waals surface area contributed by atoms with Crippen molar-refractivity contribution < 1.29 is 22.7 Å². The molecule has 2 aromatic rings. The fourth-order valence-electron chi connectivity index (χ4n) is 6.29. The standard InChI is InChI=1S/C29H36Cl2N2O5S/c1-7-39(36,37)32-29-15-14-22(21-13-8-17(2)16-23(21)31)24(19-9-11-20(30)12-10-19)25(29)18(3)33(26(29)34)27(35)38-28(4,5)6/h8-13,16,18,22,24-25,32H,7,14-15H2,1-6H3/t18-,22+,24+,25+,29+/m1/s1. The minimum Gasteiger partial charge on any atom is -0.443 e. The van der Waals surface area contributed by atoms with Crippen LogP contribution >= 0.6 is 23.2 Å². The van der Waals surface area contributed by atoms with Gasteiger partial charge in [-0.2, -0.15) is 4.72 Å². The number of aryl methyl sites for hydroxylation is 1. The van der Waals surface area contributed by atoms with Crippen molar-refractivity contribution in [1.29, 1.82) is 0 Å². The SMILES string of the molecule is CCS(=O)(=O)N[C@@]12CC[C@@H](c3ccc(C)cc3Cl)[C@H](c3ccc(Cl)cc3)[C@@H]1[C@@H](C)N(C(=O)OC(C)(C)C)C2=O. The first-order valence-electron chi connectivity index (χ1n) is 13.2. The number of halogens is 2. The quantitative estimate of drug-likeness (QED) is 0.431. The average molecular weight is 596 g/mol. The Morgan fingerprint density at radius 1 is 1.15 bits per heavy atom. The largest absolute Gasteiger partial charge is 0.443 e. The van der Waals surface area contributed by atoms with Gasteiger partial charge in [-0.3, -0.25) is 4.79 Å². The van der Waals surface area contributed by atoms with Gasteiger partial charge in [-0.25, -0.2) is 18.1 Å². The van der Waals surface area contributed by atoms with Gasteiger partial charge < -0.3 is 4.74 Å². The highest BCUT2D eigenvalue weighted by molar-refractivity contribution is 7.89. The molecular weight excluding hydrogens is 559 g/mol. The molecular formula is C29H36Cl2N2O5S. The molecule has 212 valence electrons. The van der Waals surface area contributed by atoms with Crippen molar-refractivity contribution in [3.05, 3.63) is 69.2 Å². The van der Waals surface area contributed by atoms with Crippen LogP contribution in [-0.2, 0) is 19.6 Å². The first-order valence-corrected chi connectivity index (χ1v) is 15.6. The van der Waals surface area contributed by atoms with Crippen LogP contribution in [0.5, 0.6) is 0 Å². The first-order chi connectivity index (χ1) is 18.1. The Bertz CT molecular complexity index is 1370. The van der Waals surface area contributed by atoms with E-state index >= 15 is 0 Å². The third-order valence-corrected chi connectivity index (χ3v) is 9.90. The van der Waals surface area contributed by atoms with E-state index in [1.807, 2.05) is 37.3 Å². The maximum absolute atomic E-state index is 14.2. The lowest BCUT2D eigenvalue weighted by Crippen LogP contribution is -2.61. The smallest absolute Gasteiger partial charge is 0.417 e. The second-order valence-corrected chi connectivity index (χ2v) is 14.5. The van der Waals surface area contributed by atoms with E-state index in [4.69, 9.17) is 27.9 Å². The minimum atomic E-state index is -3.83. The summed E-state index contributed by atoms with van der Waals surface area (Å²) in [6.07, 6.45) is -0.109. The highest BCUT2D eigenvalue weighted by atomic mass is 35.5. The van der Waals surface area contributed by atoms with Crippen LogP contribution in [0.15, 0.2) is 42.5 Å². The van der Waals surface area contributed by atoms with E-state index in [0.29, 0.717) is 16.5 Å². The highest BCUT2D eigenvalue weighted by Crippen LogP contribution is 2.58. The zero-order chi connectivity index (χ0) is 28.9. The number of rotatable bonds is 5. The van der Waals surface area contributed by atoms with E-state index in [9.17, 15) is 18.0 Å². The number of ether oxygens (including phenoxy) is 1. The molecule has 0 spiro atoms. The van der Waals surface area contributed by atoms with Gasteiger partial charge in [0, 0.05) is 22.0 Å². The number of sulfonamides is 1. The number of carbonyl (C=O) groups excluding carboxylic acids is 2. The molecule has 4 rings (SSSR count). The number of hydrogen-bond donors (Lipinski definition) is 1. The molecule has 1 aliphatic carbocycles. The van der Waals surface area contributed by atoms with Crippen LogP contribution in [0.25, 0.3) is 0 Å². The molecule has 0 bridgehead atoms. The fraction of sp³-hybridized carbons (Fsp3) is 0.517. The fourth-order valence-corrected chi connectivity index (χ4v) is 7.81. The van der Waals surface area contributed by atoms with Crippen LogP contribution in [0, 0.1) is 12.8 Å². The molecule has 0 aromatic heterocycles. The van der Waals surface area contributed by atoms with Crippen molar-refractivity contribution in [1.82, 2.24) is 9.62 Å². The monoisotopic (exact) mass is 594 g/mol. The summed E-state index contributed by atoms with van der Waals surface area (Å²) in [5, 5.41) is 1.17. The molecule has 0 unspecified atom stereocenters. The van der Waals surface area contributed by atoms with Crippen molar-refractivity contribution in [3.63, 3.8) is 0 Å². The van der Waals surface area contributed by atoms with E-state index < -0.39 is 45.1 Å². The maximum Gasteiger partial charge on any atom is 0.417 e. The summed E-state index contributed by atoms with van der Waals surface area (Å²) < 4.78 is 34.5. The van der Waals surface area contributed by atoms with Crippen molar-refractivity contribution in [2.45, 2.75) is 83.4 Å². The molecule has 2 aliphatic rings. The molecule has 39 heavy (non-hydrogen) atoms. The number of benzene rings is 2. The van der Waals surface area contributed by atoms with Crippen molar-refractivity contribution in [2.24, 2.45) is 5.92 Å². The van der Waals surface area contributed by atoms with Gasteiger partial charge >= 0.3 is 6.09 Å². The summed E-state index contributed by atoms with van der Waals surface area (Å²) in [6.45, 7) is 10.5. The molecule has 0 radical (unpaired) electrons. The molecule has 1 saturated heterocycles. The van der Waals surface area contributed by atoms with E-state index in [2.05, 4.69) is 4.72 Å². The number of fused-ring (bicyclic) bond motifs is 1. The second kappa shape index (κ2) is 10.7. The third kappa shape index (κ3) is 5.71. The number of hydrogen-bond acceptors (Lipinski definition) is 5. The van der Waals surface area contributed by atoms with Crippen molar-refractivity contribution >= 4 is 45.2 Å². The van der Waals surface area contributed by atoms with Gasteiger partial charge in [0.2, 0.25) is 10.0 Å². The molecule has 1 saturated carbocycles. The minimum absolute atomic E-state index is 0.141. The predicted molar refractivity (Wildman–Crippen MR) is 154 cm³/mol. The lowest BCUT2D eigenvalue weighted by molar-refractivity contribution is -0.133. The Morgan fingerprint density at radius 3 is 2.36 bits per heavy atom. The summed E-state index contributed by atoms with van der Waals surface area (Å²) >= 11 is 13.0. The molecule has 1 aliphatic heterocycles. The van der Waals surface area contributed by atoms with E-state index in [-0.39, 0.29) is 24.0 Å². The topological polar surface area (TPSA) is 92.8 Å². The molecule has 2 fully saturated rings. The maximum atomic E-state index is 14.2. The lowest BCUT2D eigenvalue weighted by atomic mass is 9.59. The van der Waals surface area contributed by atoms with Gasteiger partial charge in [0.05, 0.1) is 5.75 Å². The Labute approximate surface area is 241 Å². The summed E-state index contributed by atoms with van der Waals surface area (Å²) in [5.74, 6) is -1.89. The van der Waals surface area contributed by atoms with Gasteiger partial charge in [0.15, 0.2) is 0 Å². The lowest BCUT2D eigenvalue weighted by Gasteiger charge is -2.47. The van der Waals surface area contributed by atoms with Crippen molar-refractivity contribution in [2.75, 3.05) is 5.75 Å². The summed E-state index contributed by atoms with van der Waals surface area (Å²) in [6, 6.07) is 12.6. The summed E-state index contributed by atoms with van der Waals surface area (Å²) in [7, 11) is -3.83. The van der Waals surface area contributed by atoms with E-state index in [1.165, 1.54) is 6.92 Å². The molecule has 5 atom stereocenters. The molecule has 1 N–H and O–H groups in total. The molecule has 10 heteroatoms. The van der Waals surface area contributed by atoms with Crippen LogP contribution in [0.4, 0.5) is 4.79 Å². The van der Waals surface area contributed by atoms with Crippen molar-refractivity contribution in [3.8, 4) is 0 Å². The predicted octanol–water partition coefficient (Wildman–Crippen LogP) is 6.42. The number of likely N-dealkylation sites (tertiary alicyclic amines) is 1. The van der Waals surface area contributed by atoms with Crippen LogP contribution in [-0.4, -0.2) is 48.3 Å². The molecule has 1 heterocycles. The van der Waals surface area contributed by atoms with Gasteiger partial charge in [0.25, 0.3) is 5.91 Å². The van der Waals surface area contributed by atoms with Gasteiger partial charge in [-0.05, 0) is 101 Å². The number of imide groups is 1. The summed E-state index contributed by atoms with van der Waals surface area (Å²) in [4.78, 5) is 28.7. The molecule has 2 amide bonds. The normalized spacial score (nSPS) is 27.4. The van der Waals surface area contributed by atoms with Crippen LogP contribution in [0.1, 0.15) is 76.0 Å². The number of nitrogens with zero attached hydrogens (tertiary/aromatic N) is 1. The van der Waals surface area contributed by atoms with E-state index in [1.54, 1.807) is 39.8 Å². The van der Waals surface area contributed by atoms with Gasteiger partial charge in [-0.1, -0.05) is 47.5 Å². The Morgan fingerprint density at radius 2 is 1.79 bits per heavy atom.